The van der Waals surface area contributed by atoms with Gasteiger partial charge in [-0.15, -0.1) is 0 Å². The minimum Gasteiger partial charge on any atom is -0.337 e. The molecule has 2 aliphatic rings. The molecule has 0 N–H and O–H groups in total. The number of carbonyl (C=O) groups excluding carboxylic acids is 1. The number of amides is 1. The summed E-state index contributed by atoms with van der Waals surface area (Å²) >= 11 is 0. The van der Waals surface area contributed by atoms with E-state index < -0.39 is 0 Å². The fraction of sp³-hybridized carbons (Fsp3) is 0.556. The van der Waals surface area contributed by atoms with Crippen molar-refractivity contribution < 1.29 is 4.79 Å². The van der Waals surface area contributed by atoms with Crippen LogP contribution in [-0.2, 0) is 26.4 Å². The van der Waals surface area contributed by atoms with Crippen LogP contribution in [0, 0.1) is 5.92 Å². The Morgan fingerprint density at radius 3 is 2.80 bits per heavy atom. The SMILES string of the molecule is Cn1nccc1C(=O)N1CCC(Cn2nc3c(cc2=O)CCC3)CC1. The van der Waals surface area contributed by atoms with E-state index >= 15 is 0 Å². The first-order chi connectivity index (χ1) is 12.1. The molecule has 0 bridgehead atoms. The minimum atomic E-state index is 0.00837. The second kappa shape index (κ2) is 6.46. The molecule has 0 unspecified atom stereocenters. The number of hydrogen-bond donors (Lipinski definition) is 0. The summed E-state index contributed by atoms with van der Waals surface area (Å²) in [5.74, 6) is 0.423. The largest absolute Gasteiger partial charge is 0.337 e. The first kappa shape index (κ1) is 16.1. The van der Waals surface area contributed by atoms with Gasteiger partial charge in [-0.05, 0) is 49.7 Å². The highest BCUT2D eigenvalue weighted by molar-refractivity contribution is 5.92. The number of aryl methyl sites for hydroxylation is 3. The molecule has 1 aliphatic heterocycles. The second-order valence-corrected chi connectivity index (χ2v) is 7.07. The summed E-state index contributed by atoms with van der Waals surface area (Å²) in [6.07, 6.45) is 6.50. The van der Waals surface area contributed by atoms with Crippen LogP contribution >= 0.6 is 0 Å². The number of nitrogens with zero attached hydrogens (tertiary/aromatic N) is 5. The number of likely N-dealkylation sites (tertiary alicyclic amines) is 1. The molecule has 7 heteroatoms. The number of aromatic nitrogens is 4. The van der Waals surface area contributed by atoms with Crippen LogP contribution in [0.25, 0.3) is 0 Å². The average molecular weight is 341 g/mol. The van der Waals surface area contributed by atoms with Crippen LogP contribution in [0.3, 0.4) is 0 Å². The Balaban J connectivity index is 1.39. The summed E-state index contributed by atoms with van der Waals surface area (Å²) in [5.41, 5.74) is 2.84. The van der Waals surface area contributed by atoms with Gasteiger partial charge in [0.2, 0.25) is 0 Å². The Morgan fingerprint density at radius 1 is 1.28 bits per heavy atom. The van der Waals surface area contributed by atoms with E-state index in [0.29, 0.717) is 31.2 Å². The highest BCUT2D eigenvalue weighted by atomic mass is 16.2. The first-order valence-corrected chi connectivity index (χ1v) is 8.99. The quantitative estimate of drug-likeness (QED) is 0.835. The van der Waals surface area contributed by atoms with Crippen molar-refractivity contribution in [2.75, 3.05) is 13.1 Å². The highest BCUT2D eigenvalue weighted by Crippen LogP contribution is 2.21. The highest BCUT2D eigenvalue weighted by Gasteiger charge is 2.26. The van der Waals surface area contributed by atoms with Crippen LogP contribution in [0.4, 0.5) is 0 Å². The van der Waals surface area contributed by atoms with Gasteiger partial charge in [0, 0.05) is 38.9 Å². The molecule has 0 radical (unpaired) electrons. The molecule has 1 aliphatic carbocycles. The van der Waals surface area contributed by atoms with Gasteiger partial charge in [0.15, 0.2) is 0 Å². The van der Waals surface area contributed by atoms with Gasteiger partial charge in [0.25, 0.3) is 11.5 Å². The molecular formula is C18H23N5O2. The number of piperidine rings is 1. The molecule has 4 rings (SSSR count). The van der Waals surface area contributed by atoms with Gasteiger partial charge in [0.05, 0.1) is 5.69 Å². The van der Waals surface area contributed by atoms with Crippen molar-refractivity contribution in [1.82, 2.24) is 24.5 Å². The maximum atomic E-state index is 12.5. The summed E-state index contributed by atoms with van der Waals surface area (Å²) in [6.45, 7) is 2.09. The molecule has 7 nitrogen and oxygen atoms in total. The molecule has 0 atom stereocenters. The Kier molecular flexibility index (Phi) is 4.15. The molecule has 25 heavy (non-hydrogen) atoms. The molecular weight excluding hydrogens is 318 g/mol. The predicted octanol–water partition coefficient (Wildman–Crippen LogP) is 1.02. The van der Waals surface area contributed by atoms with E-state index in [9.17, 15) is 9.59 Å². The number of rotatable bonds is 3. The van der Waals surface area contributed by atoms with Crippen molar-refractivity contribution in [2.24, 2.45) is 13.0 Å². The van der Waals surface area contributed by atoms with E-state index in [2.05, 4.69) is 10.2 Å². The van der Waals surface area contributed by atoms with E-state index in [0.717, 1.165) is 43.4 Å². The van der Waals surface area contributed by atoms with E-state index in [4.69, 9.17) is 0 Å². The van der Waals surface area contributed by atoms with Gasteiger partial charge in [-0.2, -0.15) is 10.2 Å². The van der Waals surface area contributed by atoms with E-state index in [1.807, 2.05) is 4.90 Å². The minimum absolute atomic E-state index is 0.00837. The number of fused-ring (bicyclic) bond motifs is 1. The molecule has 3 heterocycles. The lowest BCUT2D eigenvalue weighted by molar-refractivity contribution is 0.0669. The third-order valence-corrected chi connectivity index (χ3v) is 5.40. The van der Waals surface area contributed by atoms with Crippen LogP contribution in [0.2, 0.25) is 0 Å². The van der Waals surface area contributed by atoms with Crippen molar-refractivity contribution in [3.05, 3.63) is 45.6 Å². The zero-order valence-corrected chi connectivity index (χ0v) is 14.5. The van der Waals surface area contributed by atoms with E-state index in [1.54, 1.807) is 34.7 Å². The normalized spacial score (nSPS) is 17.7. The van der Waals surface area contributed by atoms with Crippen LogP contribution in [0.1, 0.15) is 41.0 Å². The maximum absolute atomic E-state index is 12.5. The molecule has 1 amide bonds. The molecule has 0 saturated carbocycles. The fourth-order valence-electron chi connectivity index (χ4n) is 3.88. The molecule has 1 saturated heterocycles. The average Bonchev–Trinajstić information content (AvgIpc) is 3.23. The van der Waals surface area contributed by atoms with Crippen molar-refractivity contribution in [3.8, 4) is 0 Å². The van der Waals surface area contributed by atoms with E-state index in [1.165, 1.54) is 0 Å². The summed E-state index contributed by atoms with van der Waals surface area (Å²) in [5, 5.41) is 8.63. The summed E-state index contributed by atoms with van der Waals surface area (Å²) in [4.78, 5) is 26.7. The van der Waals surface area contributed by atoms with Gasteiger partial charge < -0.3 is 4.90 Å². The topological polar surface area (TPSA) is 73.0 Å². The lowest BCUT2D eigenvalue weighted by Crippen LogP contribution is -2.41. The van der Waals surface area contributed by atoms with Gasteiger partial charge in [0.1, 0.15) is 5.69 Å². The molecule has 0 spiro atoms. The molecule has 1 fully saturated rings. The zero-order valence-electron chi connectivity index (χ0n) is 14.5. The molecule has 2 aromatic heterocycles. The first-order valence-electron chi connectivity index (χ1n) is 8.99. The van der Waals surface area contributed by atoms with Gasteiger partial charge in [-0.1, -0.05) is 0 Å². The van der Waals surface area contributed by atoms with E-state index in [-0.39, 0.29) is 11.5 Å². The summed E-state index contributed by atoms with van der Waals surface area (Å²) in [7, 11) is 1.78. The molecule has 2 aromatic rings. The summed E-state index contributed by atoms with van der Waals surface area (Å²) in [6, 6.07) is 3.51. The summed E-state index contributed by atoms with van der Waals surface area (Å²) < 4.78 is 3.25. The monoisotopic (exact) mass is 341 g/mol. The second-order valence-electron chi connectivity index (χ2n) is 7.07. The third kappa shape index (κ3) is 3.10. The van der Waals surface area contributed by atoms with Crippen molar-refractivity contribution >= 4 is 5.91 Å². The Hall–Kier alpha value is -2.44. The Labute approximate surface area is 146 Å². The standard InChI is InChI=1S/C18H23N5O2/c1-21-16(5-8-19-21)18(25)22-9-6-13(7-10-22)12-23-17(24)11-14-3-2-4-15(14)20-23/h5,8,11,13H,2-4,6-7,9-10,12H2,1H3. The Morgan fingerprint density at radius 2 is 2.08 bits per heavy atom. The fourth-order valence-corrected chi connectivity index (χ4v) is 3.88. The van der Waals surface area contributed by atoms with Crippen LogP contribution in [0.5, 0.6) is 0 Å². The van der Waals surface area contributed by atoms with Gasteiger partial charge in [-0.3, -0.25) is 14.3 Å². The number of hydrogen-bond acceptors (Lipinski definition) is 4. The van der Waals surface area contributed by atoms with Crippen molar-refractivity contribution in [1.29, 1.82) is 0 Å². The van der Waals surface area contributed by atoms with Crippen molar-refractivity contribution in [2.45, 2.75) is 38.6 Å². The van der Waals surface area contributed by atoms with Crippen LogP contribution in [0.15, 0.2) is 23.1 Å². The molecule has 132 valence electrons. The van der Waals surface area contributed by atoms with Gasteiger partial charge >= 0.3 is 0 Å². The number of carbonyl (C=O) groups is 1. The molecule has 0 aromatic carbocycles. The lowest BCUT2D eigenvalue weighted by atomic mass is 9.96. The predicted molar refractivity (Wildman–Crippen MR) is 92.4 cm³/mol. The third-order valence-electron chi connectivity index (χ3n) is 5.40. The lowest BCUT2D eigenvalue weighted by Gasteiger charge is -2.32. The maximum Gasteiger partial charge on any atom is 0.272 e. The smallest absolute Gasteiger partial charge is 0.272 e. The zero-order chi connectivity index (χ0) is 17.4. The van der Waals surface area contributed by atoms with Gasteiger partial charge in [-0.25, -0.2) is 4.68 Å². The van der Waals surface area contributed by atoms with Crippen LogP contribution in [-0.4, -0.2) is 43.5 Å². The Bertz CT molecular complexity index is 845. The van der Waals surface area contributed by atoms with Crippen molar-refractivity contribution in [3.63, 3.8) is 0 Å². The van der Waals surface area contributed by atoms with Crippen LogP contribution < -0.4 is 5.56 Å².